The summed E-state index contributed by atoms with van der Waals surface area (Å²) in [6.45, 7) is 6.52. The number of nitrogens with zero attached hydrogens (tertiary/aromatic N) is 3. The molecule has 0 saturated heterocycles. The number of methoxy groups -OCH3 is 1. The number of rotatable bonds is 5. The molecule has 0 bridgehead atoms. The van der Waals surface area contributed by atoms with E-state index in [0.29, 0.717) is 28.7 Å². The van der Waals surface area contributed by atoms with Crippen molar-refractivity contribution >= 4 is 51.2 Å². The van der Waals surface area contributed by atoms with E-state index in [9.17, 15) is 5.11 Å². The normalized spacial score (nSPS) is 11.3. The van der Waals surface area contributed by atoms with Gasteiger partial charge in [0.05, 0.1) is 24.9 Å². The van der Waals surface area contributed by atoms with Crippen LogP contribution in [0.25, 0.3) is 10.9 Å². The number of aromatic hydroxyl groups is 1. The van der Waals surface area contributed by atoms with Gasteiger partial charge in [0.15, 0.2) is 5.69 Å². The molecule has 1 aromatic heterocycles. The molecule has 0 spiro atoms. The number of hydrogen-bond acceptors (Lipinski definition) is 4. The van der Waals surface area contributed by atoms with E-state index in [1.165, 1.54) is 5.56 Å². The number of halogens is 1. The fourth-order valence-electron chi connectivity index (χ4n) is 3.84. The molecule has 8 heteroatoms. The maximum Gasteiger partial charge on any atom is 0.221 e. The highest BCUT2D eigenvalue weighted by atomic mass is 35.5. The Labute approximate surface area is 208 Å². The monoisotopic (exact) mass is 492 g/mol. The average molecular weight is 493 g/mol. The maximum atomic E-state index is 11.1. The molecule has 34 heavy (non-hydrogen) atoms. The van der Waals surface area contributed by atoms with Crippen LogP contribution in [0, 0.1) is 20.8 Å². The van der Waals surface area contributed by atoms with Gasteiger partial charge in [0.25, 0.3) is 0 Å². The smallest absolute Gasteiger partial charge is 0.221 e. The Balaban J connectivity index is 1.66. The fourth-order valence-corrected chi connectivity index (χ4v) is 4.14. The van der Waals surface area contributed by atoms with Crippen molar-refractivity contribution in [3.05, 3.63) is 81.9 Å². The topological polar surface area (TPSA) is 71.1 Å². The molecule has 0 fully saturated rings. The van der Waals surface area contributed by atoms with E-state index in [4.69, 9.17) is 28.6 Å². The van der Waals surface area contributed by atoms with Gasteiger partial charge in [-0.2, -0.15) is 0 Å². The standard InChI is InChI=1S/C26H25ClN4O2S/c1-15-9-10-16(2)18(11-15)14-31-22-8-6-5-7-19(22)24(25(31)32)29-30-26(34)28-21-12-17(3)20(27)13-23(21)33-4/h5-13,32H,14H2,1-4H3,(H,28,34). The van der Waals surface area contributed by atoms with Crippen molar-refractivity contribution in [1.29, 1.82) is 0 Å². The molecule has 0 aliphatic carbocycles. The van der Waals surface area contributed by atoms with Crippen molar-refractivity contribution in [1.82, 2.24) is 4.57 Å². The fraction of sp³-hybridized carbons (Fsp3) is 0.192. The summed E-state index contributed by atoms with van der Waals surface area (Å²) in [7, 11) is 1.56. The minimum absolute atomic E-state index is 0.0357. The number of anilines is 1. The van der Waals surface area contributed by atoms with Crippen LogP contribution in [0.1, 0.15) is 22.3 Å². The summed E-state index contributed by atoms with van der Waals surface area (Å²) in [5, 5.41) is 24.1. The molecule has 3 aromatic carbocycles. The number of azo groups is 1. The summed E-state index contributed by atoms with van der Waals surface area (Å²) in [4.78, 5) is 0. The Morgan fingerprint density at radius 1 is 1.09 bits per heavy atom. The van der Waals surface area contributed by atoms with E-state index in [0.717, 1.165) is 27.6 Å². The van der Waals surface area contributed by atoms with Crippen molar-refractivity contribution in [2.45, 2.75) is 27.3 Å². The van der Waals surface area contributed by atoms with Crippen molar-refractivity contribution in [3.63, 3.8) is 0 Å². The first kappa shape index (κ1) is 23.7. The second-order valence-electron chi connectivity index (χ2n) is 8.14. The zero-order valence-corrected chi connectivity index (χ0v) is 21.0. The summed E-state index contributed by atoms with van der Waals surface area (Å²) < 4.78 is 7.22. The van der Waals surface area contributed by atoms with E-state index >= 15 is 0 Å². The van der Waals surface area contributed by atoms with Gasteiger partial charge >= 0.3 is 0 Å². The van der Waals surface area contributed by atoms with Crippen LogP contribution in [0.4, 0.5) is 11.4 Å². The molecule has 4 rings (SSSR count). The number of para-hydroxylation sites is 1. The zero-order valence-electron chi connectivity index (χ0n) is 19.4. The third kappa shape index (κ3) is 4.76. The van der Waals surface area contributed by atoms with E-state index in [2.05, 4.69) is 47.6 Å². The van der Waals surface area contributed by atoms with Gasteiger partial charge in [-0.25, -0.2) is 0 Å². The molecule has 0 aliphatic heterocycles. The summed E-state index contributed by atoms with van der Waals surface area (Å²) >= 11 is 11.6. The number of benzene rings is 3. The van der Waals surface area contributed by atoms with Gasteiger partial charge < -0.3 is 19.7 Å². The minimum Gasteiger partial charge on any atom is -0.495 e. The molecule has 1 heterocycles. The molecule has 0 amide bonds. The van der Waals surface area contributed by atoms with Gasteiger partial charge in [0, 0.05) is 16.5 Å². The lowest BCUT2D eigenvalue weighted by Gasteiger charge is -2.11. The van der Waals surface area contributed by atoms with Gasteiger partial charge in [-0.3, -0.25) is 0 Å². The lowest BCUT2D eigenvalue weighted by atomic mass is 10.1. The zero-order chi connectivity index (χ0) is 24.4. The lowest BCUT2D eigenvalue weighted by Crippen LogP contribution is -2.07. The molecule has 0 atom stereocenters. The quantitative estimate of drug-likeness (QED) is 0.224. The number of aromatic nitrogens is 1. The number of hydrogen-bond donors (Lipinski definition) is 2. The summed E-state index contributed by atoms with van der Waals surface area (Å²) in [5.74, 6) is 0.578. The largest absolute Gasteiger partial charge is 0.495 e. The first-order valence-corrected chi connectivity index (χ1v) is 11.5. The molecule has 2 N–H and O–H groups in total. The van der Waals surface area contributed by atoms with Gasteiger partial charge in [0.2, 0.25) is 11.0 Å². The SMILES string of the molecule is COc1cc(Cl)c(C)cc1NC(=S)N=Nc1c(O)n(Cc2cc(C)ccc2C)c2ccccc12. The van der Waals surface area contributed by atoms with Gasteiger partial charge in [-0.1, -0.05) is 53.6 Å². The highest BCUT2D eigenvalue weighted by Crippen LogP contribution is 2.39. The Morgan fingerprint density at radius 3 is 2.62 bits per heavy atom. The number of aryl methyl sites for hydroxylation is 3. The number of fused-ring (bicyclic) bond motifs is 1. The van der Waals surface area contributed by atoms with Crippen LogP contribution in [0.15, 0.2) is 64.8 Å². The van der Waals surface area contributed by atoms with Crippen molar-refractivity contribution in [2.24, 2.45) is 10.2 Å². The number of nitrogens with one attached hydrogen (secondary N) is 1. The highest BCUT2D eigenvalue weighted by molar-refractivity contribution is 7.80. The van der Waals surface area contributed by atoms with Crippen molar-refractivity contribution in [3.8, 4) is 11.6 Å². The molecular weight excluding hydrogens is 468 g/mol. The summed E-state index contributed by atoms with van der Waals surface area (Å²) in [6.07, 6.45) is 0. The van der Waals surface area contributed by atoms with E-state index < -0.39 is 0 Å². The Kier molecular flexibility index (Phi) is 6.86. The second-order valence-corrected chi connectivity index (χ2v) is 8.93. The van der Waals surface area contributed by atoms with Crippen LogP contribution in [0.5, 0.6) is 11.6 Å². The minimum atomic E-state index is 0.0357. The van der Waals surface area contributed by atoms with Crippen LogP contribution in [-0.4, -0.2) is 21.9 Å². The van der Waals surface area contributed by atoms with Gasteiger partial charge in [0.1, 0.15) is 5.75 Å². The Hall–Kier alpha value is -3.42. The molecule has 0 radical (unpaired) electrons. The molecule has 4 aromatic rings. The van der Waals surface area contributed by atoms with E-state index in [1.54, 1.807) is 13.2 Å². The molecule has 0 saturated carbocycles. The molecule has 174 valence electrons. The summed E-state index contributed by atoms with van der Waals surface area (Å²) in [5.41, 5.74) is 6.19. The molecule has 6 nitrogen and oxygen atoms in total. The third-order valence-electron chi connectivity index (χ3n) is 5.71. The first-order chi connectivity index (χ1) is 16.3. The van der Waals surface area contributed by atoms with E-state index in [-0.39, 0.29) is 11.0 Å². The Morgan fingerprint density at radius 2 is 1.85 bits per heavy atom. The van der Waals surface area contributed by atoms with Gasteiger partial charge in [-0.15, -0.1) is 10.2 Å². The van der Waals surface area contributed by atoms with Crippen molar-refractivity contribution < 1.29 is 9.84 Å². The lowest BCUT2D eigenvalue weighted by molar-refractivity contribution is 0.417. The van der Waals surface area contributed by atoms with Crippen LogP contribution < -0.4 is 10.1 Å². The van der Waals surface area contributed by atoms with Crippen LogP contribution in [0.2, 0.25) is 5.02 Å². The molecular formula is C26H25ClN4O2S. The molecule has 0 unspecified atom stereocenters. The predicted molar refractivity (Wildman–Crippen MR) is 142 cm³/mol. The number of thiocarbonyl (C=S) groups is 1. The van der Waals surface area contributed by atoms with Crippen LogP contribution >= 0.6 is 23.8 Å². The third-order valence-corrected chi connectivity index (χ3v) is 6.30. The average Bonchev–Trinajstić information content (AvgIpc) is 3.08. The second kappa shape index (κ2) is 9.83. The number of ether oxygens (including phenoxy) is 1. The van der Waals surface area contributed by atoms with Crippen molar-refractivity contribution in [2.75, 3.05) is 12.4 Å². The highest BCUT2D eigenvalue weighted by Gasteiger charge is 2.17. The van der Waals surface area contributed by atoms with Crippen LogP contribution in [0.3, 0.4) is 0 Å². The first-order valence-electron chi connectivity index (χ1n) is 10.7. The maximum absolute atomic E-state index is 11.1. The van der Waals surface area contributed by atoms with E-state index in [1.807, 2.05) is 41.8 Å². The van der Waals surface area contributed by atoms with Crippen LogP contribution in [-0.2, 0) is 6.54 Å². The Bertz CT molecular complexity index is 1430. The van der Waals surface area contributed by atoms with Gasteiger partial charge in [-0.05, 0) is 61.8 Å². The predicted octanol–water partition coefficient (Wildman–Crippen LogP) is 7.46. The summed E-state index contributed by atoms with van der Waals surface area (Å²) in [6, 6.07) is 17.5. The molecule has 0 aliphatic rings.